The molecule has 1 aliphatic heterocycles. The van der Waals surface area contributed by atoms with E-state index in [2.05, 4.69) is 35.3 Å². The predicted octanol–water partition coefficient (Wildman–Crippen LogP) is 3.85. The maximum Gasteiger partial charge on any atom is 0.251 e. The highest BCUT2D eigenvalue weighted by Crippen LogP contribution is 2.30. The number of hydrogen-bond donors (Lipinski definition) is 2. The van der Waals surface area contributed by atoms with Crippen molar-refractivity contribution in [2.24, 2.45) is 0 Å². The molecule has 162 valence electrons. The second-order valence-electron chi connectivity index (χ2n) is 8.57. The van der Waals surface area contributed by atoms with E-state index in [1.54, 1.807) is 6.92 Å². The largest absolute Gasteiger partial charge is 0.380 e. The number of para-hydroxylation sites is 1. The van der Waals surface area contributed by atoms with Gasteiger partial charge in [0, 0.05) is 30.1 Å². The van der Waals surface area contributed by atoms with Gasteiger partial charge in [0.05, 0.1) is 5.52 Å². The van der Waals surface area contributed by atoms with Gasteiger partial charge >= 0.3 is 0 Å². The zero-order valence-corrected chi connectivity index (χ0v) is 18.4. The molecule has 1 saturated heterocycles. The minimum absolute atomic E-state index is 0.0608. The highest BCUT2D eigenvalue weighted by atomic mass is 16.3. The number of aliphatic hydroxyl groups is 1. The molecule has 1 fully saturated rings. The molecule has 2 N–H and O–H groups in total. The molecule has 1 unspecified atom stereocenters. The van der Waals surface area contributed by atoms with E-state index in [0.29, 0.717) is 6.42 Å². The van der Waals surface area contributed by atoms with Crippen molar-refractivity contribution in [3.05, 3.63) is 54.1 Å². The van der Waals surface area contributed by atoms with Gasteiger partial charge in [-0.15, -0.1) is 0 Å². The van der Waals surface area contributed by atoms with E-state index in [0.717, 1.165) is 59.6 Å². The molecular formula is C25H30N4O2. The van der Waals surface area contributed by atoms with E-state index in [1.165, 1.54) is 0 Å². The molecule has 6 heteroatoms. The number of hydrogen-bond acceptors (Lipinski definition) is 5. The number of carbonyl (C=O) groups excluding carboxylic acids is 1. The third-order valence-corrected chi connectivity index (χ3v) is 6.28. The van der Waals surface area contributed by atoms with Crippen molar-refractivity contribution in [3.8, 4) is 11.4 Å². The Balaban J connectivity index is 1.59. The van der Waals surface area contributed by atoms with Gasteiger partial charge in [0.15, 0.2) is 5.82 Å². The Kier molecular flexibility index (Phi) is 5.92. The fourth-order valence-electron chi connectivity index (χ4n) is 3.98. The monoisotopic (exact) mass is 418 g/mol. The molecule has 31 heavy (non-hydrogen) atoms. The van der Waals surface area contributed by atoms with Crippen LogP contribution in [0.4, 0.5) is 5.82 Å². The number of aromatic nitrogens is 2. The first-order valence-electron chi connectivity index (χ1n) is 11.0. The van der Waals surface area contributed by atoms with Gasteiger partial charge in [-0.05, 0) is 50.8 Å². The lowest BCUT2D eigenvalue weighted by Crippen LogP contribution is -2.51. The van der Waals surface area contributed by atoms with Crippen molar-refractivity contribution in [2.45, 2.75) is 51.7 Å². The third-order valence-electron chi connectivity index (χ3n) is 6.28. The van der Waals surface area contributed by atoms with Crippen LogP contribution in [0.3, 0.4) is 0 Å². The maximum absolute atomic E-state index is 12.3. The highest BCUT2D eigenvalue weighted by molar-refractivity contribution is 5.91. The summed E-state index contributed by atoms with van der Waals surface area (Å²) >= 11 is 0. The lowest BCUT2D eigenvalue weighted by molar-refractivity contribution is -0.139. The molecule has 1 atom stereocenters. The molecule has 0 radical (unpaired) electrons. The lowest BCUT2D eigenvalue weighted by atomic mass is 9.99. The fourth-order valence-corrected chi connectivity index (χ4v) is 3.98. The van der Waals surface area contributed by atoms with Gasteiger partial charge in [-0.3, -0.25) is 4.79 Å². The van der Waals surface area contributed by atoms with Crippen molar-refractivity contribution in [2.75, 3.05) is 18.0 Å². The molecule has 0 spiro atoms. The average molecular weight is 419 g/mol. The summed E-state index contributed by atoms with van der Waals surface area (Å²) in [5.41, 5.74) is 1.80. The van der Waals surface area contributed by atoms with Crippen molar-refractivity contribution in [3.63, 3.8) is 0 Å². The minimum Gasteiger partial charge on any atom is -0.380 e. The summed E-state index contributed by atoms with van der Waals surface area (Å²) in [4.78, 5) is 24.4. The van der Waals surface area contributed by atoms with E-state index in [1.807, 2.05) is 37.3 Å². The SMILES string of the molecule is CCC(C)(O)C(=O)NC1CCN(c2nc(-c3ccccc3C)nc3ccccc23)CC1. The standard InChI is InChI=1S/C25H30N4O2/c1-4-25(3,31)24(30)26-18-13-15-29(16-14-18)23-20-11-7-8-12-21(20)27-22(28-23)19-10-6-5-9-17(19)2/h5-12,18,31H,4,13-16H2,1-3H3,(H,26,30). The zero-order valence-electron chi connectivity index (χ0n) is 18.4. The second-order valence-corrected chi connectivity index (χ2v) is 8.57. The lowest BCUT2D eigenvalue weighted by Gasteiger charge is -2.35. The van der Waals surface area contributed by atoms with Gasteiger partial charge in [0.25, 0.3) is 5.91 Å². The molecule has 3 aromatic rings. The quantitative estimate of drug-likeness (QED) is 0.658. The van der Waals surface area contributed by atoms with E-state index in [4.69, 9.17) is 9.97 Å². The van der Waals surface area contributed by atoms with Crippen molar-refractivity contribution in [1.29, 1.82) is 0 Å². The van der Waals surface area contributed by atoms with Gasteiger partial charge in [0.1, 0.15) is 11.4 Å². The summed E-state index contributed by atoms with van der Waals surface area (Å²) in [6.45, 7) is 7.03. The van der Waals surface area contributed by atoms with Crippen LogP contribution in [0.15, 0.2) is 48.5 Å². The predicted molar refractivity (Wildman–Crippen MR) is 124 cm³/mol. The molecule has 1 amide bonds. The summed E-state index contributed by atoms with van der Waals surface area (Å²) in [5, 5.41) is 14.2. The van der Waals surface area contributed by atoms with Gasteiger partial charge < -0.3 is 15.3 Å². The summed E-state index contributed by atoms with van der Waals surface area (Å²) in [7, 11) is 0. The number of rotatable bonds is 5. The van der Waals surface area contributed by atoms with Gasteiger partial charge in [-0.25, -0.2) is 9.97 Å². The Morgan fingerprint density at radius 2 is 1.81 bits per heavy atom. The molecular weight excluding hydrogens is 388 g/mol. The minimum atomic E-state index is -1.32. The van der Waals surface area contributed by atoms with Crippen LogP contribution in [0.2, 0.25) is 0 Å². The molecule has 6 nitrogen and oxygen atoms in total. The van der Waals surface area contributed by atoms with Gasteiger partial charge in [-0.2, -0.15) is 0 Å². The number of piperidine rings is 1. The molecule has 4 rings (SSSR count). The molecule has 1 aromatic heterocycles. The van der Waals surface area contributed by atoms with Crippen molar-refractivity contribution in [1.82, 2.24) is 15.3 Å². The first-order valence-corrected chi connectivity index (χ1v) is 11.0. The number of carbonyl (C=O) groups is 1. The van der Waals surface area contributed by atoms with Crippen LogP contribution in [0.25, 0.3) is 22.3 Å². The average Bonchev–Trinajstić information content (AvgIpc) is 2.79. The molecule has 0 aliphatic carbocycles. The van der Waals surface area contributed by atoms with Crippen LogP contribution >= 0.6 is 0 Å². The molecule has 2 heterocycles. The highest BCUT2D eigenvalue weighted by Gasteiger charge is 2.31. The van der Waals surface area contributed by atoms with E-state index in [-0.39, 0.29) is 11.9 Å². The summed E-state index contributed by atoms with van der Waals surface area (Å²) in [5.74, 6) is 1.39. The van der Waals surface area contributed by atoms with Gasteiger partial charge in [-0.1, -0.05) is 43.3 Å². The molecule has 1 aliphatic rings. The Morgan fingerprint density at radius 1 is 1.13 bits per heavy atom. The van der Waals surface area contributed by atoms with E-state index in [9.17, 15) is 9.90 Å². The van der Waals surface area contributed by atoms with Crippen LogP contribution in [-0.2, 0) is 4.79 Å². The van der Waals surface area contributed by atoms with Crippen LogP contribution in [0.5, 0.6) is 0 Å². The number of aryl methyl sites for hydroxylation is 1. The fraction of sp³-hybridized carbons (Fsp3) is 0.400. The first-order chi connectivity index (χ1) is 14.9. The maximum atomic E-state index is 12.3. The summed E-state index contributed by atoms with van der Waals surface area (Å²) < 4.78 is 0. The van der Waals surface area contributed by atoms with Gasteiger partial charge in [0.2, 0.25) is 0 Å². The topological polar surface area (TPSA) is 78.4 Å². The second kappa shape index (κ2) is 8.63. The molecule has 0 saturated carbocycles. The number of fused-ring (bicyclic) bond motifs is 1. The van der Waals surface area contributed by atoms with E-state index >= 15 is 0 Å². The van der Waals surface area contributed by atoms with Crippen LogP contribution in [-0.4, -0.2) is 45.7 Å². The Bertz CT molecular complexity index is 1090. The number of amides is 1. The Morgan fingerprint density at radius 3 is 2.52 bits per heavy atom. The number of nitrogens with one attached hydrogen (secondary N) is 1. The Labute approximate surface area is 183 Å². The normalized spacial score (nSPS) is 16.8. The summed E-state index contributed by atoms with van der Waals surface area (Å²) in [6, 6.07) is 16.4. The zero-order chi connectivity index (χ0) is 22.0. The summed E-state index contributed by atoms with van der Waals surface area (Å²) in [6.07, 6.45) is 2.01. The number of nitrogens with zero attached hydrogens (tertiary/aromatic N) is 3. The number of anilines is 1. The van der Waals surface area contributed by atoms with Crippen LogP contribution in [0.1, 0.15) is 38.7 Å². The van der Waals surface area contributed by atoms with Crippen LogP contribution < -0.4 is 10.2 Å². The van der Waals surface area contributed by atoms with E-state index < -0.39 is 5.60 Å². The first kappa shape index (κ1) is 21.2. The van der Waals surface area contributed by atoms with Crippen molar-refractivity contribution >= 4 is 22.6 Å². The Hall–Kier alpha value is -2.99. The smallest absolute Gasteiger partial charge is 0.251 e. The third kappa shape index (κ3) is 4.39. The van der Waals surface area contributed by atoms with Crippen molar-refractivity contribution < 1.29 is 9.90 Å². The molecule has 0 bridgehead atoms. The van der Waals surface area contributed by atoms with Crippen LogP contribution in [0, 0.1) is 6.92 Å². The molecule has 2 aromatic carbocycles. The number of benzene rings is 2.